The first kappa shape index (κ1) is 69.5. The number of nitrogens with one attached hydrogen (secondary N) is 1. The molecule has 0 bridgehead atoms. The third-order valence-corrected chi connectivity index (χ3v) is 18.7. The van der Waals surface area contributed by atoms with E-state index in [1.807, 2.05) is 39.8 Å². The first-order chi connectivity index (χ1) is 44.9. The van der Waals surface area contributed by atoms with E-state index < -0.39 is 119 Å². The van der Waals surface area contributed by atoms with Crippen LogP contribution in [0.15, 0.2) is 170 Å². The van der Waals surface area contributed by atoms with E-state index in [-0.39, 0.29) is 70.0 Å². The number of amides is 3. The van der Waals surface area contributed by atoms with E-state index in [9.17, 15) is 39.0 Å². The van der Waals surface area contributed by atoms with Crippen molar-refractivity contribution in [2.75, 3.05) is 26.3 Å². The molecule has 17 nitrogen and oxygen atoms in total. The molecule has 3 N–H and O–H groups in total. The fraction of sp³-hybridized carbons (Fsp3) is 0.395. The van der Waals surface area contributed by atoms with E-state index in [0.29, 0.717) is 64.8 Å². The third kappa shape index (κ3) is 17.2. The van der Waals surface area contributed by atoms with Crippen molar-refractivity contribution >= 4 is 59.1 Å². The average Bonchev–Trinajstić information content (AvgIpc) is 1.70. The molecule has 0 spiro atoms. The lowest BCUT2D eigenvalue weighted by Crippen LogP contribution is -2.44. The number of nitrogens with zero attached hydrogens (tertiary/aromatic N) is 1. The molecule has 2 aliphatic heterocycles. The first-order valence-corrected chi connectivity index (χ1v) is 32.4. The third-order valence-electron chi connectivity index (χ3n) is 18.7. The Labute approximate surface area is 543 Å². The van der Waals surface area contributed by atoms with Crippen LogP contribution >= 0.6 is 0 Å². The Morgan fingerprint density at radius 1 is 0.559 bits per heavy atom. The second-order valence-electron chi connectivity index (χ2n) is 24.6. The highest BCUT2D eigenvalue weighted by molar-refractivity contribution is 6.13. The number of carboxylic acid groups (broad SMARTS) is 2. The molecule has 12 atom stereocenters. The van der Waals surface area contributed by atoms with E-state index in [4.69, 9.17) is 14.2 Å². The Hall–Kier alpha value is -9.38. The minimum Gasteiger partial charge on any atom is -0.490 e. The number of carbonyl (C=O) groups is 10. The number of ether oxygens (including phenoxy) is 3. The van der Waals surface area contributed by atoms with Gasteiger partial charge >= 0.3 is 29.8 Å². The van der Waals surface area contributed by atoms with Crippen LogP contribution in [0.1, 0.15) is 158 Å². The van der Waals surface area contributed by atoms with Gasteiger partial charge in [-0.1, -0.05) is 192 Å². The minimum atomic E-state index is -1.58. The summed E-state index contributed by atoms with van der Waals surface area (Å²) in [5.74, 6) is -21.8. The highest BCUT2D eigenvalue weighted by atomic mass is 16.6. The first-order valence-electron chi connectivity index (χ1n) is 32.4. The summed E-state index contributed by atoms with van der Waals surface area (Å²) in [5.41, 5.74) is 3.91. The Kier molecular flexibility index (Phi) is 24.9. The Balaban J connectivity index is 1.16. The molecule has 0 aliphatic carbocycles. The molecule has 2 heterocycles. The second kappa shape index (κ2) is 33.3. The smallest absolute Gasteiger partial charge is 0.318 e. The van der Waals surface area contributed by atoms with Gasteiger partial charge in [-0.2, -0.15) is 0 Å². The van der Waals surface area contributed by atoms with Crippen LogP contribution < -0.4 is 10.1 Å². The maximum Gasteiger partial charge on any atom is 0.318 e. The van der Waals surface area contributed by atoms with Gasteiger partial charge in [-0.25, -0.2) is 0 Å². The number of unbranched alkanes of at least 4 members (excludes halogenated alkanes) is 2. The number of esters is 3. The lowest BCUT2D eigenvalue weighted by atomic mass is 9.64. The summed E-state index contributed by atoms with van der Waals surface area (Å²) < 4.78 is 17.1. The van der Waals surface area contributed by atoms with Gasteiger partial charge in [-0.3, -0.25) is 52.8 Å². The van der Waals surface area contributed by atoms with E-state index in [1.54, 1.807) is 153 Å². The number of hydrogen-bond donors (Lipinski definition) is 3. The number of carboxylic acids is 2. The maximum atomic E-state index is 15.7. The van der Waals surface area contributed by atoms with Crippen molar-refractivity contribution in [3.05, 3.63) is 209 Å². The van der Waals surface area contributed by atoms with Crippen LogP contribution in [-0.4, -0.2) is 101 Å². The van der Waals surface area contributed by atoms with Crippen molar-refractivity contribution in [2.24, 2.45) is 47.3 Å². The van der Waals surface area contributed by atoms with Crippen molar-refractivity contribution in [3.8, 4) is 5.75 Å². The fourth-order valence-electron chi connectivity index (χ4n) is 13.8. The molecule has 6 aromatic rings. The number of aryl methyl sites for hydroxylation is 1. The molecule has 6 aromatic carbocycles. The highest BCUT2D eigenvalue weighted by Gasteiger charge is 2.56. The number of cyclic esters (lactones) is 2. The van der Waals surface area contributed by atoms with Crippen molar-refractivity contribution in [3.63, 3.8) is 0 Å². The Bertz CT molecular complexity index is 3540. The van der Waals surface area contributed by atoms with E-state index >= 15 is 19.2 Å². The van der Waals surface area contributed by atoms with Crippen LogP contribution in [0.25, 0.3) is 0 Å². The predicted molar refractivity (Wildman–Crippen MR) is 348 cm³/mol. The molecule has 0 aromatic heterocycles. The lowest BCUT2D eigenvalue weighted by Gasteiger charge is -2.37. The van der Waals surface area contributed by atoms with Crippen LogP contribution in [0.5, 0.6) is 5.75 Å². The van der Waals surface area contributed by atoms with Crippen LogP contribution in [0.3, 0.4) is 0 Å². The Morgan fingerprint density at radius 2 is 1.04 bits per heavy atom. The van der Waals surface area contributed by atoms with Crippen LogP contribution in [0.2, 0.25) is 0 Å². The predicted octanol–water partition coefficient (Wildman–Crippen LogP) is 12.4. The summed E-state index contributed by atoms with van der Waals surface area (Å²) in [4.78, 5) is 144. The van der Waals surface area contributed by atoms with Gasteiger partial charge in [-0.15, -0.1) is 0 Å². The molecule has 0 radical (unpaired) electrons. The molecule has 2 saturated heterocycles. The quantitative estimate of drug-likeness (QED) is 0.0110. The van der Waals surface area contributed by atoms with E-state index in [0.717, 1.165) is 5.56 Å². The molecular weight excluding hydrogens is 1180 g/mol. The molecule has 17 heteroatoms. The lowest BCUT2D eigenvalue weighted by molar-refractivity contribution is -0.160. The number of Topliss-reactive ketones (excluding diaryl/α,β-unsaturated/α-hetero) is 2. The molecule has 3 amide bonds. The number of imide groups is 1. The summed E-state index contributed by atoms with van der Waals surface area (Å²) in [6.07, 6.45) is 1.27. The molecule has 0 saturated carbocycles. The summed E-state index contributed by atoms with van der Waals surface area (Å²) >= 11 is 0. The molecule has 488 valence electrons. The average molecular weight is 1270 g/mol. The SMILES string of the molecule is CCCCNC(=O)C(C(CC(c1ccccc1)C1C(=O)OC(=O)C1C)C(=O)O)C(CC1C(=O)N(CCCC)C(=O)C1C(CC(C(=O)O)C(C(=O)OCCOc1ccc(C(=O)CC(=O)c2ccc(C)cc2)cc1)C(CC)c1ccccc1)c1ccccc1)c1ccccc1. The fourth-order valence-corrected chi connectivity index (χ4v) is 13.8. The zero-order chi connectivity index (χ0) is 66.7. The van der Waals surface area contributed by atoms with Gasteiger partial charge in [0.25, 0.3) is 0 Å². The van der Waals surface area contributed by atoms with Gasteiger partial charge in [0.05, 0.1) is 53.8 Å². The number of benzene rings is 6. The molecule has 12 unspecified atom stereocenters. The molecule has 2 fully saturated rings. The Morgan fingerprint density at radius 3 is 1.53 bits per heavy atom. The normalized spacial score (nSPS) is 18.9. The highest BCUT2D eigenvalue weighted by Crippen LogP contribution is 2.51. The zero-order valence-corrected chi connectivity index (χ0v) is 53.4. The van der Waals surface area contributed by atoms with E-state index in [2.05, 4.69) is 5.32 Å². The van der Waals surface area contributed by atoms with Crippen molar-refractivity contribution in [2.45, 2.75) is 116 Å². The van der Waals surface area contributed by atoms with Gasteiger partial charge in [0.1, 0.15) is 19.0 Å². The number of likely N-dealkylation sites (tertiary alicyclic amines) is 1. The van der Waals surface area contributed by atoms with Gasteiger partial charge in [0.15, 0.2) is 11.6 Å². The van der Waals surface area contributed by atoms with Gasteiger partial charge < -0.3 is 29.7 Å². The topological polar surface area (TPSA) is 254 Å². The molecule has 8 rings (SSSR count). The number of ketones is 2. The number of rotatable bonds is 35. The monoisotopic (exact) mass is 1260 g/mol. The van der Waals surface area contributed by atoms with Crippen molar-refractivity contribution in [1.29, 1.82) is 0 Å². The van der Waals surface area contributed by atoms with Gasteiger partial charge in [0, 0.05) is 24.2 Å². The molecular formula is C76H84N2O15. The summed E-state index contributed by atoms with van der Waals surface area (Å²) in [7, 11) is 0. The van der Waals surface area contributed by atoms with Crippen LogP contribution in [0.4, 0.5) is 0 Å². The minimum absolute atomic E-state index is 0.0214. The number of hydrogen-bond acceptors (Lipinski definition) is 13. The maximum absolute atomic E-state index is 15.7. The zero-order valence-electron chi connectivity index (χ0n) is 53.4. The molecule has 93 heavy (non-hydrogen) atoms. The number of aliphatic carboxylic acids is 2. The van der Waals surface area contributed by atoms with E-state index in [1.165, 1.54) is 17.0 Å². The van der Waals surface area contributed by atoms with Crippen molar-refractivity contribution in [1.82, 2.24) is 10.2 Å². The van der Waals surface area contributed by atoms with Gasteiger partial charge in [-0.05, 0) is 116 Å². The standard InChI is InChI=1S/C76H84N2O15/c1-6-9-39-77-69(81)66(61(72(84)85)44-57(50-25-17-12-18-26-50)65-48(5)74(88)93-76(65)90)58(51-27-19-13-20-28-51)43-60-67(71(83)78(70(60)82)40-10-7-2)59(52-29-21-14-22-30-52)45-62(73(86)87)68(56(8-3)49-23-15-11-16-24-49)75(89)92-42-41-91-55-37-35-54(36-38-55)64(80)46-63(79)53-33-31-47(4)32-34-53/h11-38,48,56-62,65-68H,6-10,39-46H2,1-5H3,(H,77,81)(H,84,85)(H,86,87). The van der Waals surface area contributed by atoms with Crippen molar-refractivity contribution < 1.29 is 72.4 Å². The summed E-state index contributed by atoms with van der Waals surface area (Å²) in [5, 5.41) is 26.4. The second-order valence-corrected chi connectivity index (χ2v) is 24.6. The summed E-state index contributed by atoms with van der Waals surface area (Å²) in [6, 6.07) is 48.3. The summed E-state index contributed by atoms with van der Waals surface area (Å²) in [6.45, 7) is 8.87. The largest absolute Gasteiger partial charge is 0.490 e. The van der Waals surface area contributed by atoms with Crippen LogP contribution in [-0.2, 0) is 47.8 Å². The number of carbonyl (C=O) groups excluding carboxylic acids is 8. The van der Waals surface area contributed by atoms with Crippen LogP contribution in [0, 0.1) is 54.3 Å². The van der Waals surface area contributed by atoms with Gasteiger partial charge in [0.2, 0.25) is 17.7 Å². The molecule has 2 aliphatic rings.